The summed E-state index contributed by atoms with van der Waals surface area (Å²) in [6.45, 7) is 11.5. The van der Waals surface area contributed by atoms with E-state index in [2.05, 4.69) is 38.2 Å². The van der Waals surface area contributed by atoms with Gasteiger partial charge in [-0.2, -0.15) is 0 Å². The lowest BCUT2D eigenvalue weighted by molar-refractivity contribution is -0.127. The van der Waals surface area contributed by atoms with Gasteiger partial charge in [0, 0.05) is 54.4 Å². The molecule has 0 spiro atoms. The van der Waals surface area contributed by atoms with E-state index in [-0.39, 0.29) is 11.8 Å². The summed E-state index contributed by atoms with van der Waals surface area (Å²) in [4.78, 5) is 32.9. The molecule has 1 fully saturated rings. The van der Waals surface area contributed by atoms with Gasteiger partial charge in [-0.3, -0.25) is 14.7 Å². The second kappa shape index (κ2) is 11.9. The molecule has 4 aromatic rings. The third-order valence-electron chi connectivity index (χ3n) is 7.51. The van der Waals surface area contributed by atoms with Crippen LogP contribution in [0.2, 0.25) is 0 Å². The molecule has 2 aliphatic heterocycles. The van der Waals surface area contributed by atoms with E-state index in [1.165, 1.54) is 10.4 Å². The first-order valence-corrected chi connectivity index (χ1v) is 14.8. The number of rotatable bonds is 7. The smallest absolute Gasteiger partial charge is 0.246 e. The number of carbonyl (C=O) groups excluding carboxylic acids is 1. The molecule has 10 heteroatoms. The molecule has 2 aliphatic rings. The fourth-order valence-corrected chi connectivity index (χ4v) is 6.65. The number of hydrogen-bond donors (Lipinski definition) is 1. The number of thiophene rings is 1. The minimum atomic E-state index is 0.0526. The molecular formula is C31H34N6O3S. The summed E-state index contributed by atoms with van der Waals surface area (Å²) in [5, 5.41) is 4.56. The fourth-order valence-electron chi connectivity index (χ4n) is 5.37. The summed E-state index contributed by atoms with van der Waals surface area (Å²) < 4.78 is 11.4. The van der Waals surface area contributed by atoms with E-state index in [1.54, 1.807) is 29.9 Å². The Hall–Kier alpha value is -3.86. The summed E-state index contributed by atoms with van der Waals surface area (Å²) in [7, 11) is 0. The highest BCUT2D eigenvalue weighted by Gasteiger charge is 2.30. The number of aryl methyl sites for hydroxylation is 2. The SMILES string of the molecule is Cc1ccc(Oc2ccc(Nc3ncnc4sc5c(c34)[C@@H](C)CN(C(=O)/C=C/CN3CCOCC3)C5)cc2C)cn1. The predicted octanol–water partition coefficient (Wildman–Crippen LogP) is 5.57. The summed E-state index contributed by atoms with van der Waals surface area (Å²) >= 11 is 1.65. The van der Waals surface area contributed by atoms with Crippen LogP contribution in [-0.4, -0.2) is 70.1 Å². The normalized spacial score (nSPS) is 17.6. The average molecular weight is 571 g/mol. The number of amides is 1. The number of pyridine rings is 1. The highest BCUT2D eigenvalue weighted by atomic mass is 32.1. The van der Waals surface area contributed by atoms with Gasteiger partial charge >= 0.3 is 0 Å². The standard InChI is InChI=1S/C31H34N6O3S/c1-20-15-23(7-9-25(20)40-24-8-6-22(3)32-16-24)35-30-29-28-21(2)17-37(18-26(28)41-31(29)34-19-33-30)27(38)5-4-10-36-11-13-39-14-12-36/h4-9,15-16,19,21H,10-14,17-18H2,1-3H3,(H,33,34,35)/b5-4+/t21-/m0/s1. The zero-order valence-corrected chi connectivity index (χ0v) is 24.4. The van der Waals surface area contributed by atoms with Gasteiger partial charge < -0.3 is 19.7 Å². The number of morpholine rings is 1. The third-order valence-corrected chi connectivity index (χ3v) is 8.61. The zero-order chi connectivity index (χ0) is 28.3. The second-order valence-corrected chi connectivity index (χ2v) is 11.7. The van der Waals surface area contributed by atoms with Crippen LogP contribution in [0, 0.1) is 13.8 Å². The van der Waals surface area contributed by atoms with Gasteiger partial charge in [0.2, 0.25) is 5.91 Å². The first-order chi connectivity index (χ1) is 19.9. The van der Waals surface area contributed by atoms with Crippen LogP contribution in [0.4, 0.5) is 11.5 Å². The van der Waals surface area contributed by atoms with E-state index in [4.69, 9.17) is 9.47 Å². The molecule has 0 radical (unpaired) electrons. The van der Waals surface area contributed by atoms with Gasteiger partial charge in [0.25, 0.3) is 0 Å². The second-order valence-electron chi connectivity index (χ2n) is 10.6. The number of hydrogen-bond acceptors (Lipinski definition) is 9. The van der Waals surface area contributed by atoms with Crippen molar-refractivity contribution in [3.05, 3.63) is 76.7 Å². The maximum atomic E-state index is 13.1. The van der Waals surface area contributed by atoms with E-state index >= 15 is 0 Å². The van der Waals surface area contributed by atoms with Gasteiger partial charge in [0.1, 0.15) is 28.5 Å². The molecule has 0 bridgehead atoms. The first-order valence-electron chi connectivity index (χ1n) is 13.9. The molecule has 1 atom stereocenters. The molecule has 3 aromatic heterocycles. The molecule has 0 unspecified atom stereocenters. The molecule has 1 saturated heterocycles. The van der Waals surface area contributed by atoms with Crippen molar-refractivity contribution in [3.8, 4) is 11.5 Å². The molecule has 41 heavy (non-hydrogen) atoms. The molecule has 0 aliphatic carbocycles. The maximum absolute atomic E-state index is 13.1. The topological polar surface area (TPSA) is 92.7 Å². The summed E-state index contributed by atoms with van der Waals surface area (Å²) in [6, 6.07) is 9.85. The molecule has 1 N–H and O–H groups in total. The Kier molecular flexibility index (Phi) is 7.95. The van der Waals surface area contributed by atoms with Gasteiger partial charge in [0.15, 0.2) is 0 Å². The van der Waals surface area contributed by atoms with E-state index in [9.17, 15) is 4.79 Å². The summed E-state index contributed by atoms with van der Waals surface area (Å²) in [6.07, 6.45) is 7.03. The average Bonchev–Trinajstić information content (AvgIpc) is 3.36. The van der Waals surface area contributed by atoms with Crippen molar-refractivity contribution in [2.24, 2.45) is 0 Å². The number of aromatic nitrogens is 3. The van der Waals surface area contributed by atoms with Crippen LogP contribution in [0.25, 0.3) is 10.2 Å². The molecule has 1 aromatic carbocycles. The summed E-state index contributed by atoms with van der Waals surface area (Å²) in [5.41, 5.74) is 4.10. The Morgan fingerprint density at radius 3 is 2.80 bits per heavy atom. The van der Waals surface area contributed by atoms with Gasteiger partial charge in [-0.15, -0.1) is 11.3 Å². The van der Waals surface area contributed by atoms with Crippen molar-refractivity contribution >= 4 is 39.0 Å². The maximum Gasteiger partial charge on any atom is 0.246 e. The fraction of sp³-hybridized carbons (Fsp3) is 0.355. The lowest BCUT2D eigenvalue weighted by atomic mass is 9.94. The monoisotopic (exact) mass is 570 g/mol. The van der Waals surface area contributed by atoms with Crippen molar-refractivity contribution < 1.29 is 14.3 Å². The molecule has 5 heterocycles. The predicted molar refractivity (Wildman–Crippen MR) is 161 cm³/mol. The Labute approximate surface area is 243 Å². The van der Waals surface area contributed by atoms with Crippen molar-refractivity contribution in [2.75, 3.05) is 44.7 Å². The molecule has 9 nitrogen and oxygen atoms in total. The lowest BCUT2D eigenvalue weighted by Crippen LogP contribution is -2.37. The Balaban J connectivity index is 1.18. The van der Waals surface area contributed by atoms with Crippen LogP contribution < -0.4 is 10.1 Å². The number of fused-ring (bicyclic) bond motifs is 3. The van der Waals surface area contributed by atoms with Gasteiger partial charge in [-0.25, -0.2) is 9.97 Å². The number of ether oxygens (including phenoxy) is 2. The number of carbonyl (C=O) groups is 1. The zero-order valence-electron chi connectivity index (χ0n) is 23.6. The van der Waals surface area contributed by atoms with Crippen molar-refractivity contribution in [1.82, 2.24) is 24.8 Å². The lowest BCUT2D eigenvalue weighted by Gasteiger charge is -2.31. The van der Waals surface area contributed by atoms with E-state index in [0.29, 0.717) is 18.8 Å². The Morgan fingerprint density at radius 1 is 1.17 bits per heavy atom. The van der Waals surface area contributed by atoms with E-state index in [0.717, 1.165) is 71.6 Å². The van der Waals surface area contributed by atoms with Gasteiger partial charge in [-0.1, -0.05) is 13.0 Å². The molecule has 0 saturated carbocycles. The first kappa shape index (κ1) is 27.3. The van der Waals surface area contributed by atoms with Crippen molar-refractivity contribution in [3.63, 3.8) is 0 Å². The molecule has 6 rings (SSSR count). The molecule has 212 valence electrons. The van der Waals surface area contributed by atoms with Crippen LogP contribution in [-0.2, 0) is 16.1 Å². The van der Waals surface area contributed by atoms with Crippen LogP contribution >= 0.6 is 11.3 Å². The Bertz CT molecular complexity index is 1580. The van der Waals surface area contributed by atoms with E-state index in [1.807, 2.05) is 49.1 Å². The highest BCUT2D eigenvalue weighted by Crippen LogP contribution is 2.42. The summed E-state index contributed by atoms with van der Waals surface area (Å²) in [5.74, 6) is 2.48. The number of anilines is 2. The van der Waals surface area contributed by atoms with Gasteiger partial charge in [-0.05, 0) is 55.3 Å². The van der Waals surface area contributed by atoms with Crippen LogP contribution in [0.5, 0.6) is 11.5 Å². The van der Waals surface area contributed by atoms with Gasteiger partial charge in [0.05, 0.1) is 31.3 Å². The number of benzene rings is 1. The van der Waals surface area contributed by atoms with Crippen LogP contribution in [0.1, 0.15) is 34.5 Å². The minimum Gasteiger partial charge on any atom is -0.455 e. The third kappa shape index (κ3) is 6.09. The number of nitrogens with one attached hydrogen (secondary N) is 1. The number of nitrogens with zero attached hydrogens (tertiary/aromatic N) is 5. The largest absolute Gasteiger partial charge is 0.455 e. The van der Waals surface area contributed by atoms with E-state index < -0.39 is 0 Å². The Morgan fingerprint density at radius 2 is 2.02 bits per heavy atom. The quantitative estimate of drug-likeness (QED) is 0.288. The highest BCUT2D eigenvalue weighted by molar-refractivity contribution is 7.19. The van der Waals surface area contributed by atoms with Crippen molar-refractivity contribution in [1.29, 1.82) is 0 Å². The van der Waals surface area contributed by atoms with Crippen LogP contribution in [0.3, 0.4) is 0 Å². The minimum absolute atomic E-state index is 0.0526. The van der Waals surface area contributed by atoms with Crippen molar-refractivity contribution in [2.45, 2.75) is 33.2 Å². The molecule has 1 amide bonds. The van der Waals surface area contributed by atoms with Crippen LogP contribution in [0.15, 0.2) is 55.0 Å². The molecular weight excluding hydrogens is 536 g/mol.